The first-order chi connectivity index (χ1) is 7.78. The SMILES string of the molecule is CC(C)(C)CC(=O)NC1CCC(C(=O)O)CC1. The number of carboxylic acid groups (broad SMARTS) is 1. The zero-order valence-corrected chi connectivity index (χ0v) is 11.0. The Bertz CT molecular complexity index is 286. The van der Waals surface area contributed by atoms with Crippen LogP contribution in [0.25, 0.3) is 0 Å². The molecule has 0 unspecified atom stereocenters. The van der Waals surface area contributed by atoms with Crippen molar-refractivity contribution in [2.45, 2.75) is 58.9 Å². The fourth-order valence-corrected chi connectivity index (χ4v) is 2.25. The largest absolute Gasteiger partial charge is 0.481 e. The number of nitrogens with one attached hydrogen (secondary N) is 1. The molecule has 4 nitrogen and oxygen atoms in total. The predicted octanol–water partition coefficient (Wildman–Crippen LogP) is 2.18. The Hall–Kier alpha value is -1.06. The molecule has 1 aliphatic carbocycles. The van der Waals surface area contributed by atoms with Crippen molar-refractivity contribution < 1.29 is 14.7 Å². The van der Waals surface area contributed by atoms with E-state index in [0.717, 1.165) is 12.8 Å². The third-order valence-electron chi connectivity index (χ3n) is 3.13. The van der Waals surface area contributed by atoms with E-state index >= 15 is 0 Å². The third kappa shape index (κ3) is 5.20. The van der Waals surface area contributed by atoms with Crippen molar-refractivity contribution in [3.8, 4) is 0 Å². The minimum Gasteiger partial charge on any atom is -0.481 e. The minimum absolute atomic E-state index is 0.00233. The monoisotopic (exact) mass is 241 g/mol. The third-order valence-corrected chi connectivity index (χ3v) is 3.13. The van der Waals surface area contributed by atoms with Crippen molar-refractivity contribution in [1.82, 2.24) is 5.32 Å². The Morgan fingerprint density at radius 2 is 1.71 bits per heavy atom. The number of aliphatic carboxylic acids is 1. The summed E-state index contributed by atoms with van der Waals surface area (Å²) in [5.41, 5.74) is 0.00233. The molecule has 0 aliphatic heterocycles. The summed E-state index contributed by atoms with van der Waals surface area (Å²) in [5.74, 6) is -0.841. The second kappa shape index (κ2) is 5.52. The molecule has 0 atom stereocenters. The molecular formula is C13H23NO3. The van der Waals surface area contributed by atoms with Gasteiger partial charge in [0.05, 0.1) is 5.92 Å². The van der Waals surface area contributed by atoms with Crippen LogP contribution in [-0.2, 0) is 9.59 Å². The van der Waals surface area contributed by atoms with Crippen LogP contribution < -0.4 is 5.32 Å². The van der Waals surface area contributed by atoms with E-state index in [4.69, 9.17) is 5.11 Å². The molecule has 0 saturated heterocycles. The maximum Gasteiger partial charge on any atom is 0.306 e. The molecule has 1 fully saturated rings. The Kier molecular flexibility index (Phi) is 4.54. The lowest BCUT2D eigenvalue weighted by Crippen LogP contribution is -2.39. The van der Waals surface area contributed by atoms with Crippen LogP contribution >= 0.6 is 0 Å². The van der Waals surface area contributed by atoms with Gasteiger partial charge in [-0.05, 0) is 31.1 Å². The first-order valence-electron chi connectivity index (χ1n) is 6.30. The first-order valence-corrected chi connectivity index (χ1v) is 6.30. The molecule has 2 N–H and O–H groups in total. The molecular weight excluding hydrogens is 218 g/mol. The van der Waals surface area contributed by atoms with Gasteiger partial charge in [-0.3, -0.25) is 9.59 Å². The molecule has 17 heavy (non-hydrogen) atoms. The average Bonchev–Trinajstić information content (AvgIpc) is 2.15. The van der Waals surface area contributed by atoms with Gasteiger partial charge < -0.3 is 10.4 Å². The molecule has 4 heteroatoms. The van der Waals surface area contributed by atoms with Crippen LogP contribution in [0.3, 0.4) is 0 Å². The molecule has 1 aliphatic rings. The van der Waals surface area contributed by atoms with Crippen LogP contribution in [-0.4, -0.2) is 23.0 Å². The molecule has 1 rings (SSSR count). The van der Waals surface area contributed by atoms with Gasteiger partial charge in [-0.15, -0.1) is 0 Å². The lowest BCUT2D eigenvalue weighted by Gasteiger charge is -2.28. The van der Waals surface area contributed by atoms with Crippen LogP contribution in [0.15, 0.2) is 0 Å². The Morgan fingerprint density at radius 1 is 1.18 bits per heavy atom. The molecule has 98 valence electrons. The maximum atomic E-state index is 11.7. The van der Waals surface area contributed by atoms with Crippen molar-refractivity contribution in [2.75, 3.05) is 0 Å². The lowest BCUT2D eigenvalue weighted by atomic mass is 9.85. The van der Waals surface area contributed by atoms with Gasteiger partial charge in [0.2, 0.25) is 5.91 Å². The Balaban J connectivity index is 2.31. The summed E-state index contributed by atoms with van der Waals surface area (Å²) >= 11 is 0. The molecule has 1 amide bonds. The summed E-state index contributed by atoms with van der Waals surface area (Å²) in [7, 11) is 0. The molecule has 0 aromatic carbocycles. The fraction of sp³-hybridized carbons (Fsp3) is 0.846. The zero-order chi connectivity index (χ0) is 13.1. The molecule has 0 bridgehead atoms. The Morgan fingerprint density at radius 3 is 2.12 bits per heavy atom. The standard InChI is InChI=1S/C13H23NO3/c1-13(2,3)8-11(15)14-10-6-4-9(5-7-10)12(16)17/h9-10H,4-8H2,1-3H3,(H,14,15)(H,16,17). The van der Waals surface area contributed by atoms with Gasteiger partial charge in [-0.25, -0.2) is 0 Å². The van der Waals surface area contributed by atoms with Crippen LogP contribution in [0, 0.1) is 11.3 Å². The molecule has 0 heterocycles. The number of carboxylic acids is 1. The van der Waals surface area contributed by atoms with Crippen LogP contribution in [0.2, 0.25) is 0 Å². The topological polar surface area (TPSA) is 66.4 Å². The summed E-state index contributed by atoms with van der Waals surface area (Å²) in [5, 5.41) is 11.9. The predicted molar refractivity (Wildman–Crippen MR) is 65.6 cm³/mol. The van der Waals surface area contributed by atoms with Gasteiger partial charge in [-0.1, -0.05) is 20.8 Å². The maximum absolute atomic E-state index is 11.7. The summed E-state index contributed by atoms with van der Waals surface area (Å²) in [4.78, 5) is 22.5. The van der Waals surface area contributed by atoms with E-state index in [1.807, 2.05) is 20.8 Å². The van der Waals surface area contributed by atoms with Crippen LogP contribution in [0.1, 0.15) is 52.9 Å². The van der Waals surface area contributed by atoms with Gasteiger partial charge in [-0.2, -0.15) is 0 Å². The summed E-state index contributed by atoms with van der Waals surface area (Å²) in [6.45, 7) is 6.11. The zero-order valence-electron chi connectivity index (χ0n) is 11.0. The molecule has 0 aromatic heterocycles. The van der Waals surface area contributed by atoms with Crippen molar-refractivity contribution in [3.63, 3.8) is 0 Å². The van der Waals surface area contributed by atoms with Crippen molar-refractivity contribution in [2.24, 2.45) is 11.3 Å². The number of carbonyl (C=O) groups is 2. The Labute approximate surface area is 103 Å². The van der Waals surface area contributed by atoms with Crippen molar-refractivity contribution >= 4 is 11.9 Å². The van der Waals surface area contributed by atoms with Gasteiger partial charge >= 0.3 is 5.97 Å². The minimum atomic E-state index is -0.704. The van der Waals surface area contributed by atoms with Gasteiger partial charge in [0.25, 0.3) is 0 Å². The van der Waals surface area contributed by atoms with Gasteiger partial charge in [0.15, 0.2) is 0 Å². The lowest BCUT2D eigenvalue weighted by molar-refractivity contribution is -0.142. The molecule has 0 aromatic rings. The van der Waals surface area contributed by atoms with Crippen LogP contribution in [0.4, 0.5) is 0 Å². The van der Waals surface area contributed by atoms with E-state index in [0.29, 0.717) is 19.3 Å². The second-order valence-corrected chi connectivity index (χ2v) is 6.19. The number of carbonyl (C=O) groups excluding carboxylic acids is 1. The highest BCUT2D eigenvalue weighted by molar-refractivity contribution is 5.77. The number of rotatable bonds is 3. The molecule has 0 spiro atoms. The van der Waals surface area contributed by atoms with E-state index in [1.165, 1.54) is 0 Å². The molecule has 1 saturated carbocycles. The summed E-state index contributed by atoms with van der Waals surface area (Å²) in [6.07, 6.45) is 3.44. The normalized spacial score (nSPS) is 25.4. The van der Waals surface area contributed by atoms with E-state index < -0.39 is 5.97 Å². The van der Waals surface area contributed by atoms with E-state index in [9.17, 15) is 9.59 Å². The first kappa shape index (κ1) is 14.0. The van der Waals surface area contributed by atoms with Crippen LogP contribution in [0.5, 0.6) is 0 Å². The fourth-order valence-electron chi connectivity index (χ4n) is 2.25. The van der Waals surface area contributed by atoms with Crippen molar-refractivity contribution in [1.29, 1.82) is 0 Å². The smallest absolute Gasteiger partial charge is 0.306 e. The van der Waals surface area contributed by atoms with E-state index in [-0.39, 0.29) is 23.3 Å². The van der Waals surface area contributed by atoms with E-state index in [1.54, 1.807) is 0 Å². The number of amides is 1. The van der Waals surface area contributed by atoms with Gasteiger partial charge in [0.1, 0.15) is 0 Å². The highest BCUT2D eigenvalue weighted by Crippen LogP contribution is 2.25. The number of hydrogen-bond donors (Lipinski definition) is 2. The van der Waals surface area contributed by atoms with E-state index in [2.05, 4.69) is 5.32 Å². The highest BCUT2D eigenvalue weighted by Gasteiger charge is 2.27. The number of hydrogen-bond acceptors (Lipinski definition) is 2. The van der Waals surface area contributed by atoms with Crippen molar-refractivity contribution in [3.05, 3.63) is 0 Å². The second-order valence-electron chi connectivity index (χ2n) is 6.19. The van der Waals surface area contributed by atoms with Gasteiger partial charge in [0, 0.05) is 12.5 Å². The summed E-state index contributed by atoms with van der Waals surface area (Å²) < 4.78 is 0. The summed E-state index contributed by atoms with van der Waals surface area (Å²) in [6, 6.07) is 0.167. The molecule has 0 radical (unpaired) electrons. The average molecular weight is 241 g/mol. The quantitative estimate of drug-likeness (QED) is 0.796. The highest BCUT2D eigenvalue weighted by atomic mass is 16.4.